The number of amides is 1. The molecule has 5 heteroatoms. The highest BCUT2D eigenvalue weighted by molar-refractivity contribution is 7.80. The van der Waals surface area contributed by atoms with Crippen LogP contribution in [0.25, 0.3) is 0 Å². The third-order valence-corrected chi connectivity index (χ3v) is 4.07. The van der Waals surface area contributed by atoms with E-state index >= 15 is 0 Å². The van der Waals surface area contributed by atoms with Gasteiger partial charge in [0.1, 0.15) is 0 Å². The first kappa shape index (κ1) is 15.9. The summed E-state index contributed by atoms with van der Waals surface area (Å²) < 4.78 is 5.44. The van der Waals surface area contributed by atoms with Crippen LogP contribution in [0, 0.1) is 0 Å². The summed E-state index contributed by atoms with van der Waals surface area (Å²) in [6.45, 7) is 0.325. The van der Waals surface area contributed by atoms with Crippen molar-refractivity contribution in [2.24, 2.45) is 5.73 Å². The molecule has 0 heterocycles. The Hall–Kier alpha value is -1.46. The third-order valence-electron chi connectivity index (χ3n) is 3.94. The normalized spacial score (nSPS) is 16.6. The number of carbonyl (C=O) groups is 1. The second-order valence-corrected chi connectivity index (χ2v) is 5.92. The molecule has 1 atom stereocenters. The van der Waals surface area contributed by atoms with Gasteiger partial charge in [0.05, 0.1) is 11.5 Å². The molecule has 21 heavy (non-hydrogen) atoms. The molecular formula is C16H22N2O2S. The molecule has 1 aromatic carbocycles. The average molecular weight is 306 g/mol. The van der Waals surface area contributed by atoms with Crippen LogP contribution in [0.2, 0.25) is 0 Å². The zero-order valence-corrected chi connectivity index (χ0v) is 13.1. The highest BCUT2D eigenvalue weighted by Crippen LogP contribution is 2.27. The van der Waals surface area contributed by atoms with Crippen LogP contribution < -0.4 is 5.73 Å². The molecule has 0 spiro atoms. The van der Waals surface area contributed by atoms with E-state index in [1.165, 1.54) is 0 Å². The van der Waals surface area contributed by atoms with Crippen LogP contribution in [0.5, 0.6) is 0 Å². The van der Waals surface area contributed by atoms with Gasteiger partial charge >= 0.3 is 0 Å². The smallest absolute Gasteiger partial charge is 0.256 e. The number of nitrogens with two attached hydrogens (primary N) is 1. The van der Waals surface area contributed by atoms with Crippen LogP contribution >= 0.6 is 12.2 Å². The van der Waals surface area contributed by atoms with Gasteiger partial charge in [-0.05, 0) is 18.4 Å². The Bertz CT molecular complexity index is 486. The lowest BCUT2D eigenvalue weighted by molar-refractivity contribution is -0.143. The number of thiocarbonyl (C=S) groups is 1. The standard InChI is InChI=1S/C16H22N2O2S/c1-20-15(12-7-3-2-4-8-12)16(19)18(11-14(17)21)13-9-5-6-10-13/h2-4,7-8,13,15H,5-6,9-11H2,1H3,(H2,17,21). The molecule has 0 aliphatic heterocycles. The average Bonchev–Trinajstić information content (AvgIpc) is 3.00. The molecule has 1 saturated carbocycles. The second kappa shape index (κ2) is 7.52. The molecule has 114 valence electrons. The first-order chi connectivity index (χ1) is 10.1. The Kier molecular flexibility index (Phi) is 5.70. The predicted octanol–water partition coefficient (Wildman–Crippen LogP) is 2.43. The second-order valence-electron chi connectivity index (χ2n) is 5.40. The van der Waals surface area contributed by atoms with E-state index in [1.54, 1.807) is 12.0 Å². The molecule has 4 nitrogen and oxygen atoms in total. The van der Waals surface area contributed by atoms with Crippen molar-refractivity contribution < 1.29 is 9.53 Å². The van der Waals surface area contributed by atoms with E-state index in [1.807, 2.05) is 30.3 Å². The molecule has 2 rings (SSSR count). The Labute approximate surface area is 131 Å². The molecular weight excluding hydrogens is 284 g/mol. The fourth-order valence-electron chi connectivity index (χ4n) is 2.93. The van der Waals surface area contributed by atoms with Crippen molar-refractivity contribution in [3.8, 4) is 0 Å². The van der Waals surface area contributed by atoms with Crippen LogP contribution in [0.1, 0.15) is 37.4 Å². The Morgan fingerprint density at radius 1 is 1.38 bits per heavy atom. The first-order valence-corrected chi connectivity index (χ1v) is 7.71. The molecule has 2 N–H and O–H groups in total. The molecule has 0 saturated heterocycles. The van der Waals surface area contributed by atoms with Gasteiger partial charge in [-0.2, -0.15) is 0 Å². The highest BCUT2D eigenvalue weighted by atomic mass is 32.1. The SMILES string of the molecule is COC(C(=O)N(CC(N)=S)C1CCCC1)c1ccccc1. The molecule has 0 radical (unpaired) electrons. The molecule has 0 aromatic heterocycles. The van der Waals surface area contributed by atoms with Gasteiger partial charge in [0.2, 0.25) is 0 Å². The van der Waals surface area contributed by atoms with E-state index in [4.69, 9.17) is 22.7 Å². The fourth-order valence-corrected chi connectivity index (χ4v) is 3.07. The van der Waals surface area contributed by atoms with Crippen molar-refractivity contribution in [2.75, 3.05) is 13.7 Å². The zero-order valence-electron chi connectivity index (χ0n) is 12.3. The number of benzene rings is 1. The lowest BCUT2D eigenvalue weighted by Crippen LogP contribution is -2.46. The predicted molar refractivity (Wildman–Crippen MR) is 86.9 cm³/mol. The van der Waals surface area contributed by atoms with Crippen LogP contribution in [-0.4, -0.2) is 35.5 Å². The molecule has 1 aliphatic rings. The van der Waals surface area contributed by atoms with E-state index in [-0.39, 0.29) is 11.9 Å². The topological polar surface area (TPSA) is 55.6 Å². The largest absolute Gasteiger partial charge is 0.392 e. The van der Waals surface area contributed by atoms with E-state index in [2.05, 4.69) is 0 Å². The van der Waals surface area contributed by atoms with Gasteiger partial charge in [-0.25, -0.2) is 0 Å². The van der Waals surface area contributed by atoms with Gasteiger partial charge in [-0.15, -0.1) is 0 Å². The van der Waals surface area contributed by atoms with Gasteiger partial charge < -0.3 is 15.4 Å². The van der Waals surface area contributed by atoms with Crippen LogP contribution in [0.4, 0.5) is 0 Å². The maximum absolute atomic E-state index is 12.9. The van der Waals surface area contributed by atoms with Gasteiger partial charge in [-0.3, -0.25) is 4.79 Å². The summed E-state index contributed by atoms with van der Waals surface area (Å²) >= 11 is 5.01. The number of rotatable bonds is 6. The molecule has 1 aliphatic carbocycles. The minimum absolute atomic E-state index is 0.0524. The number of hydrogen-bond donors (Lipinski definition) is 1. The Morgan fingerprint density at radius 3 is 2.52 bits per heavy atom. The summed E-state index contributed by atoms with van der Waals surface area (Å²) in [6, 6.07) is 9.76. The quantitative estimate of drug-likeness (QED) is 0.820. The summed E-state index contributed by atoms with van der Waals surface area (Å²) in [5, 5.41) is 0. The lowest BCUT2D eigenvalue weighted by Gasteiger charge is -2.31. The van der Waals surface area contributed by atoms with Crippen molar-refractivity contribution in [3.63, 3.8) is 0 Å². The molecule has 1 fully saturated rings. The summed E-state index contributed by atoms with van der Waals surface area (Å²) in [7, 11) is 1.56. The highest BCUT2D eigenvalue weighted by Gasteiger charge is 2.32. The fraction of sp³-hybridized carbons (Fsp3) is 0.500. The maximum atomic E-state index is 12.9. The van der Waals surface area contributed by atoms with E-state index in [9.17, 15) is 4.79 Å². The minimum Gasteiger partial charge on any atom is -0.392 e. The molecule has 1 amide bonds. The van der Waals surface area contributed by atoms with E-state index in [0.29, 0.717) is 11.5 Å². The van der Waals surface area contributed by atoms with Crippen molar-refractivity contribution >= 4 is 23.1 Å². The van der Waals surface area contributed by atoms with Crippen LogP contribution in [-0.2, 0) is 9.53 Å². The van der Waals surface area contributed by atoms with Gasteiger partial charge in [0.25, 0.3) is 5.91 Å². The van der Waals surface area contributed by atoms with E-state index < -0.39 is 6.10 Å². The van der Waals surface area contributed by atoms with Crippen molar-refractivity contribution in [2.45, 2.75) is 37.8 Å². The Morgan fingerprint density at radius 2 is 2.00 bits per heavy atom. The summed E-state index contributed by atoms with van der Waals surface area (Å²) in [5.41, 5.74) is 6.53. The number of methoxy groups -OCH3 is 1. The lowest BCUT2D eigenvalue weighted by atomic mass is 10.1. The third kappa shape index (κ3) is 4.02. The first-order valence-electron chi connectivity index (χ1n) is 7.30. The summed E-state index contributed by atoms with van der Waals surface area (Å²) in [4.78, 5) is 15.0. The molecule has 1 aromatic rings. The zero-order chi connectivity index (χ0) is 15.2. The van der Waals surface area contributed by atoms with Crippen LogP contribution in [0.3, 0.4) is 0 Å². The number of hydrogen-bond acceptors (Lipinski definition) is 3. The molecule has 1 unspecified atom stereocenters. The van der Waals surface area contributed by atoms with Crippen LogP contribution in [0.15, 0.2) is 30.3 Å². The van der Waals surface area contributed by atoms with Gasteiger partial charge in [0, 0.05) is 13.2 Å². The molecule has 0 bridgehead atoms. The van der Waals surface area contributed by atoms with Gasteiger partial charge in [0.15, 0.2) is 6.10 Å². The maximum Gasteiger partial charge on any atom is 0.256 e. The monoisotopic (exact) mass is 306 g/mol. The Balaban J connectivity index is 2.20. The minimum atomic E-state index is -0.596. The van der Waals surface area contributed by atoms with Crippen molar-refractivity contribution in [1.82, 2.24) is 4.90 Å². The summed E-state index contributed by atoms with van der Waals surface area (Å²) in [6.07, 6.45) is 3.73. The van der Waals surface area contributed by atoms with Crippen molar-refractivity contribution in [3.05, 3.63) is 35.9 Å². The summed E-state index contributed by atoms with van der Waals surface area (Å²) in [5.74, 6) is -0.0524. The van der Waals surface area contributed by atoms with Crippen molar-refractivity contribution in [1.29, 1.82) is 0 Å². The van der Waals surface area contributed by atoms with E-state index in [0.717, 1.165) is 31.2 Å². The number of ether oxygens (including phenoxy) is 1. The van der Waals surface area contributed by atoms with Gasteiger partial charge in [-0.1, -0.05) is 55.4 Å². The number of nitrogens with zero attached hydrogens (tertiary/aromatic N) is 1. The number of carbonyl (C=O) groups excluding carboxylic acids is 1.